The van der Waals surface area contributed by atoms with Gasteiger partial charge in [0, 0.05) is 0 Å². The van der Waals surface area contributed by atoms with Gasteiger partial charge >= 0.3 is 0 Å². The zero-order chi connectivity index (χ0) is 12.2. The van der Waals surface area contributed by atoms with E-state index in [1.807, 2.05) is 0 Å². The van der Waals surface area contributed by atoms with Crippen molar-refractivity contribution in [1.82, 2.24) is 0 Å². The average molecular weight is 220 g/mol. The van der Waals surface area contributed by atoms with Crippen LogP contribution in [0, 0.1) is 17.3 Å². The SMILES string of the molecule is C/C1=C\CCC(C)(C)/C=C/[C@H](C(C)C)CC1. The van der Waals surface area contributed by atoms with Gasteiger partial charge in [-0.15, -0.1) is 0 Å². The van der Waals surface area contributed by atoms with Gasteiger partial charge in [-0.25, -0.2) is 0 Å². The summed E-state index contributed by atoms with van der Waals surface area (Å²) < 4.78 is 0. The van der Waals surface area contributed by atoms with Crippen LogP contribution in [0.5, 0.6) is 0 Å². The van der Waals surface area contributed by atoms with Crippen LogP contribution in [-0.4, -0.2) is 0 Å². The molecular weight excluding hydrogens is 192 g/mol. The highest BCUT2D eigenvalue weighted by Crippen LogP contribution is 2.30. The Morgan fingerprint density at radius 2 is 2.00 bits per heavy atom. The van der Waals surface area contributed by atoms with E-state index in [4.69, 9.17) is 0 Å². The van der Waals surface area contributed by atoms with E-state index in [-0.39, 0.29) is 0 Å². The van der Waals surface area contributed by atoms with Crippen LogP contribution in [0.2, 0.25) is 0 Å². The molecule has 1 atom stereocenters. The zero-order valence-corrected chi connectivity index (χ0v) is 11.7. The molecule has 0 heterocycles. The molecule has 0 spiro atoms. The van der Waals surface area contributed by atoms with Gasteiger partial charge in [-0.05, 0) is 49.9 Å². The molecule has 0 N–H and O–H groups in total. The van der Waals surface area contributed by atoms with Crippen molar-refractivity contribution in [3.05, 3.63) is 23.8 Å². The van der Waals surface area contributed by atoms with Gasteiger partial charge in [-0.2, -0.15) is 0 Å². The Balaban J connectivity index is 2.79. The second-order valence-corrected chi connectivity index (χ2v) is 6.38. The van der Waals surface area contributed by atoms with Crippen molar-refractivity contribution in [3.8, 4) is 0 Å². The smallest absolute Gasteiger partial charge is 0.0172 e. The number of allylic oxidation sites excluding steroid dienone is 4. The van der Waals surface area contributed by atoms with E-state index in [0.717, 1.165) is 11.8 Å². The lowest BCUT2D eigenvalue weighted by atomic mass is 9.81. The molecule has 0 aromatic heterocycles. The summed E-state index contributed by atoms with van der Waals surface area (Å²) in [6.45, 7) is 11.7. The first kappa shape index (κ1) is 13.5. The fraction of sp³-hybridized carbons (Fsp3) is 0.750. The van der Waals surface area contributed by atoms with Crippen LogP contribution < -0.4 is 0 Å². The first-order chi connectivity index (χ1) is 7.41. The van der Waals surface area contributed by atoms with Crippen LogP contribution in [0.15, 0.2) is 23.8 Å². The third kappa shape index (κ3) is 4.55. The van der Waals surface area contributed by atoms with E-state index < -0.39 is 0 Å². The first-order valence-corrected chi connectivity index (χ1v) is 6.76. The molecule has 1 rings (SSSR count). The molecule has 1 aliphatic carbocycles. The quantitative estimate of drug-likeness (QED) is 0.522. The molecule has 0 aromatic rings. The fourth-order valence-electron chi connectivity index (χ4n) is 2.31. The topological polar surface area (TPSA) is 0 Å². The molecular formula is C16H28. The van der Waals surface area contributed by atoms with E-state index in [1.54, 1.807) is 5.57 Å². The fourth-order valence-corrected chi connectivity index (χ4v) is 2.31. The molecule has 1 aliphatic rings. The summed E-state index contributed by atoms with van der Waals surface area (Å²) in [5.41, 5.74) is 1.94. The van der Waals surface area contributed by atoms with E-state index >= 15 is 0 Å². The Kier molecular flexibility index (Phi) is 4.83. The summed E-state index contributed by atoms with van der Waals surface area (Å²) in [5, 5.41) is 0. The van der Waals surface area contributed by atoms with Crippen molar-refractivity contribution in [1.29, 1.82) is 0 Å². The summed E-state index contributed by atoms with van der Waals surface area (Å²) in [6, 6.07) is 0. The van der Waals surface area contributed by atoms with Gasteiger partial charge in [-0.1, -0.05) is 51.5 Å². The van der Waals surface area contributed by atoms with Crippen molar-refractivity contribution in [2.24, 2.45) is 17.3 Å². The molecule has 0 unspecified atom stereocenters. The van der Waals surface area contributed by atoms with Gasteiger partial charge in [0.25, 0.3) is 0 Å². The second-order valence-electron chi connectivity index (χ2n) is 6.38. The maximum absolute atomic E-state index is 2.48. The molecule has 0 nitrogen and oxygen atoms in total. The normalized spacial score (nSPS) is 31.9. The van der Waals surface area contributed by atoms with E-state index in [2.05, 4.69) is 52.8 Å². The summed E-state index contributed by atoms with van der Waals surface area (Å²) >= 11 is 0. The number of hydrogen-bond donors (Lipinski definition) is 0. The predicted octanol–water partition coefficient (Wildman–Crippen LogP) is 5.36. The van der Waals surface area contributed by atoms with Crippen LogP contribution >= 0.6 is 0 Å². The first-order valence-electron chi connectivity index (χ1n) is 6.76. The Hall–Kier alpha value is -0.520. The highest BCUT2D eigenvalue weighted by atomic mass is 14.2. The minimum absolute atomic E-state index is 0.362. The average Bonchev–Trinajstić information content (AvgIpc) is 2.16. The highest BCUT2D eigenvalue weighted by Gasteiger charge is 2.17. The molecule has 0 heteroatoms. The molecule has 0 fully saturated rings. The molecule has 0 saturated carbocycles. The molecule has 0 amide bonds. The van der Waals surface area contributed by atoms with Crippen LogP contribution in [0.25, 0.3) is 0 Å². The van der Waals surface area contributed by atoms with Crippen LogP contribution in [0.3, 0.4) is 0 Å². The zero-order valence-electron chi connectivity index (χ0n) is 11.7. The molecule has 0 saturated heterocycles. The van der Waals surface area contributed by atoms with Crippen molar-refractivity contribution < 1.29 is 0 Å². The molecule has 16 heavy (non-hydrogen) atoms. The molecule has 0 aromatic carbocycles. The lowest BCUT2D eigenvalue weighted by Gasteiger charge is -2.24. The number of rotatable bonds is 1. The van der Waals surface area contributed by atoms with Crippen LogP contribution in [0.4, 0.5) is 0 Å². The minimum Gasteiger partial charge on any atom is -0.0856 e. The van der Waals surface area contributed by atoms with E-state index in [1.165, 1.54) is 25.7 Å². The summed E-state index contributed by atoms with van der Waals surface area (Å²) in [5.74, 6) is 1.51. The van der Waals surface area contributed by atoms with E-state index in [9.17, 15) is 0 Å². The standard InChI is InChI=1S/C16H28/c1-13(2)15-9-8-14(3)7-6-11-16(4,5)12-10-15/h7,10,12-13,15H,6,8-9,11H2,1-5H3/b12-10+,14-7+/t15-/m1/s1. The Bertz CT molecular complexity index is 266. The maximum Gasteiger partial charge on any atom is -0.0172 e. The molecule has 0 aliphatic heterocycles. The Morgan fingerprint density at radius 1 is 1.31 bits per heavy atom. The maximum atomic E-state index is 2.48. The number of hydrogen-bond acceptors (Lipinski definition) is 0. The van der Waals surface area contributed by atoms with Crippen LogP contribution in [-0.2, 0) is 0 Å². The Labute approximate surface area is 102 Å². The lowest BCUT2D eigenvalue weighted by molar-refractivity contribution is 0.405. The van der Waals surface area contributed by atoms with Gasteiger partial charge in [0.15, 0.2) is 0 Å². The van der Waals surface area contributed by atoms with Gasteiger partial charge in [0.2, 0.25) is 0 Å². The predicted molar refractivity (Wildman–Crippen MR) is 73.5 cm³/mol. The third-order valence-electron chi connectivity index (χ3n) is 3.80. The van der Waals surface area contributed by atoms with Crippen molar-refractivity contribution >= 4 is 0 Å². The summed E-state index contributed by atoms with van der Waals surface area (Å²) in [4.78, 5) is 0. The van der Waals surface area contributed by atoms with Crippen molar-refractivity contribution in [3.63, 3.8) is 0 Å². The van der Waals surface area contributed by atoms with Gasteiger partial charge in [0.1, 0.15) is 0 Å². The highest BCUT2D eigenvalue weighted by molar-refractivity contribution is 5.05. The van der Waals surface area contributed by atoms with Gasteiger partial charge < -0.3 is 0 Å². The van der Waals surface area contributed by atoms with Crippen molar-refractivity contribution in [2.75, 3.05) is 0 Å². The second kappa shape index (κ2) is 5.70. The molecule has 0 bridgehead atoms. The largest absolute Gasteiger partial charge is 0.0856 e. The monoisotopic (exact) mass is 220 g/mol. The lowest BCUT2D eigenvalue weighted by Crippen LogP contribution is -2.12. The Morgan fingerprint density at radius 3 is 2.62 bits per heavy atom. The minimum atomic E-state index is 0.362. The van der Waals surface area contributed by atoms with E-state index in [0.29, 0.717) is 5.41 Å². The molecule has 92 valence electrons. The van der Waals surface area contributed by atoms with Gasteiger partial charge in [-0.3, -0.25) is 0 Å². The molecule has 0 radical (unpaired) electrons. The van der Waals surface area contributed by atoms with Crippen LogP contribution in [0.1, 0.15) is 60.3 Å². The summed E-state index contributed by atoms with van der Waals surface area (Å²) in [6.07, 6.45) is 12.5. The summed E-state index contributed by atoms with van der Waals surface area (Å²) in [7, 11) is 0. The third-order valence-corrected chi connectivity index (χ3v) is 3.80. The van der Waals surface area contributed by atoms with Gasteiger partial charge in [0.05, 0.1) is 0 Å². The van der Waals surface area contributed by atoms with Crippen molar-refractivity contribution in [2.45, 2.75) is 60.3 Å².